The lowest BCUT2D eigenvalue weighted by Gasteiger charge is -2.56. The van der Waals surface area contributed by atoms with Gasteiger partial charge in [0, 0.05) is 22.5 Å². The highest BCUT2D eigenvalue weighted by Crippen LogP contribution is 2.60. The minimum Gasteiger partial charge on any atom is -0.245 e. The van der Waals surface area contributed by atoms with Gasteiger partial charge in [-0.25, -0.2) is 15.4 Å². The van der Waals surface area contributed by atoms with Crippen LogP contribution in [0.25, 0.3) is 0 Å². The van der Waals surface area contributed by atoms with Crippen molar-refractivity contribution in [1.82, 2.24) is 9.97 Å². The Morgan fingerprint density at radius 3 is 2.05 bits per heavy atom. The Morgan fingerprint density at radius 1 is 1.05 bits per heavy atom. The molecule has 4 bridgehead atoms. The number of rotatable bonds is 3. The minimum absolute atomic E-state index is 0.362. The Kier molecular flexibility index (Phi) is 3.24. The molecule has 4 heteroatoms. The summed E-state index contributed by atoms with van der Waals surface area (Å²) in [6, 6.07) is 1.99. The zero-order chi connectivity index (χ0) is 15.3. The number of hydrazone groups is 1. The maximum atomic E-state index is 4.71. The molecule has 0 aliphatic heterocycles. The quantitative estimate of drug-likeness (QED) is 0.675. The van der Waals surface area contributed by atoms with Crippen LogP contribution in [0.15, 0.2) is 11.2 Å². The van der Waals surface area contributed by atoms with Crippen LogP contribution in [0.5, 0.6) is 0 Å². The van der Waals surface area contributed by atoms with Gasteiger partial charge in [0.05, 0.1) is 0 Å². The van der Waals surface area contributed by atoms with E-state index < -0.39 is 0 Å². The van der Waals surface area contributed by atoms with Crippen LogP contribution in [-0.2, 0) is 0 Å². The van der Waals surface area contributed by atoms with Gasteiger partial charge in [0.1, 0.15) is 0 Å². The van der Waals surface area contributed by atoms with E-state index in [1.807, 2.05) is 19.9 Å². The summed E-state index contributed by atoms with van der Waals surface area (Å²) in [5.74, 6) is 3.48. The Labute approximate surface area is 132 Å². The molecule has 4 aliphatic carbocycles. The normalized spacial score (nSPS) is 36.7. The van der Waals surface area contributed by atoms with Crippen molar-refractivity contribution >= 4 is 11.7 Å². The summed E-state index contributed by atoms with van der Waals surface area (Å²) in [4.78, 5) is 8.85. The molecule has 1 N–H and O–H groups in total. The SMILES string of the molecule is C/C(=N/Nc1nc(C)cc(C)n1)C12CC3CC(CC(C3)C1)C2. The van der Waals surface area contributed by atoms with E-state index in [1.165, 1.54) is 44.2 Å². The van der Waals surface area contributed by atoms with Crippen LogP contribution in [0.4, 0.5) is 5.95 Å². The van der Waals surface area contributed by atoms with Crippen molar-refractivity contribution in [3.05, 3.63) is 17.5 Å². The molecule has 4 aliphatic rings. The molecular weight excluding hydrogens is 272 g/mol. The standard InChI is InChI=1S/C18H26N4/c1-11-4-12(2)20-17(19-11)22-21-13(3)18-8-14-5-15(9-18)7-16(6-14)10-18/h4,14-16H,5-10H2,1-3H3,(H,19,20,22)/b21-13-. The number of aromatic nitrogens is 2. The average Bonchev–Trinajstić information content (AvgIpc) is 2.42. The molecule has 4 nitrogen and oxygen atoms in total. The van der Waals surface area contributed by atoms with Crippen LogP contribution in [0.3, 0.4) is 0 Å². The number of aryl methyl sites for hydroxylation is 2. The molecular formula is C18H26N4. The van der Waals surface area contributed by atoms with Crippen molar-refractivity contribution < 1.29 is 0 Å². The second-order valence-corrected chi connectivity index (χ2v) is 7.98. The second-order valence-electron chi connectivity index (χ2n) is 7.98. The zero-order valence-corrected chi connectivity index (χ0v) is 13.9. The fourth-order valence-corrected chi connectivity index (χ4v) is 5.58. The summed E-state index contributed by atoms with van der Waals surface area (Å²) in [5, 5.41) is 4.71. The number of nitrogens with one attached hydrogen (secondary N) is 1. The van der Waals surface area contributed by atoms with E-state index in [-0.39, 0.29) is 0 Å². The first kappa shape index (κ1) is 14.2. The summed E-state index contributed by atoms with van der Waals surface area (Å²) in [5.41, 5.74) is 6.72. The largest absolute Gasteiger partial charge is 0.245 e. The van der Waals surface area contributed by atoms with E-state index in [9.17, 15) is 0 Å². The van der Waals surface area contributed by atoms with Crippen LogP contribution in [0.1, 0.15) is 56.8 Å². The van der Waals surface area contributed by atoms with Crippen LogP contribution >= 0.6 is 0 Å². The van der Waals surface area contributed by atoms with Gasteiger partial charge in [0.25, 0.3) is 0 Å². The summed E-state index contributed by atoms with van der Waals surface area (Å²) < 4.78 is 0. The number of nitrogens with zero attached hydrogens (tertiary/aromatic N) is 3. The Morgan fingerprint density at radius 2 is 1.55 bits per heavy atom. The van der Waals surface area contributed by atoms with Gasteiger partial charge in [-0.3, -0.25) is 0 Å². The molecule has 4 saturated carbocycles. The van der Waals surface area contributed by atoms with Crippen molar-refractivity contribution in [3.8, 4) is 0 Å². The van der Waals surface area contributed by atoms with Crippen LogP contribution in [-0.4, -0.2) is 15.7 Å². The van der Waals surface area contributed by atoms with Gasteiger partial charge < -0.3 is 0 Å². The molecule has 22 heavy (non-hydrogen) atoms. The van der Waals surface area contributed by atoms with Crippen molar-refractivity contribution in [2.45, 2.75) is 59.3 Å². The van der Waals surface area contributed by atoms with Gasteiger partial charge in [-0.2, -0.15) is 5.10 Å². The first-order chi connectivity index (χ1) is 10.5. The van der Waals surface area contributed by atoms with E-state index in [2.05, 4.69) is 22.3 Å². The molecule has 0 radical (unpaired) electrons. The van der Waals surface area contributed by atoms with Crippen LogP contribution < -0.4 is 5.43 Å². The molecule has 118 valence electrons. The van der Waals surface area contributed by atoms with Crippen LogP contribution in [0, 0.1) is 37.0 Å². The number of hydrogen-bond donors (Lipinski definition) is 1. The van der Waals surface area contributed by atoms with E-state index in [1.54, 1.807) is 0 Å². The third-order valence-electron chi connectivity index (χ3n) is 6.11. The average molecular weight is 298 g/mol. The van der Waals surface area contributed by atoms with Crippen molar-refractivity contribution in [1.29, 1.82) is 0 Å². The molecule has 4 fully saturated rings. The molecule has 1 aromatic rings. The number of hydrogen-bond acceptors (Lipinski definition) is 4. The fraction of sp³-hybridized carbons (Fsp3) is 0.722. The van der Waals surface area contributed by atoms with Gasteiger partial charge in [-0.15, -0.1) is 0 Å². The van der Waals surface area contributed by atoms with Crippen molar-refractivity contribution in [2.75, 3.05) is 5.43 Å². The Balaban J connectivity index is 1.54. The molecule has 0 saturated heterocycles. The van der Waals surface area contributed by atoms with Gasteiger partial charge in [-0.05, 0) is 83.1 Å². The molecule has 0 amide bonds. The van der Waals surface area contributed by atoms with Gasteiger partial charge in [0.2, 0.25) is 5.95 Å². The van der Waals surface area contributed by atoms with Crippen molar-refractivity contribution in [3.63, 3.8) is 0 Å². The topological polar surface area (TPSA) is 50.2 Å². The zero-order valence-electron chi connectivity index (χ0n) is 13.9. The highest BCUT2D eigenvalue weighted by atomic mass is 15.4. The first-order valence-electron chi connectivity index (χ1n) is 8.65. The Bertz CT molecular complexity index is 564. The summed E-state index contributed by atoms with van der Waals surface area (Å²) in [6.45, 7) is 6.20. The predicted octanol–water partition coefficient (Wildman–Crippen LogP) is 4.10. The monoisotopic (exact) mass is 298 g/mol. The molecule has 0 aromatic carbocycles. The first-order valence-corrected chi connectivity index (χ1v) is 8.65. The molecule has 0 unspecified atom stereocenters. The highest BCUT2D eigenvalue weighted by Gasteiger charge is 2.52. The minimum atomic E-state index is 0.362. The predicted molar refractivity (Wildman–Crippen MR) is 88.8 cm³/mol. The lowest BCUT2D eigenvalue weighted by atomic mass is 9.48. The molecule has 5 rings (SSSR count). The summed E-state index contributed by atoms with van der Waals surface area (Å²) >= 11 is 0. The van der Waals surface area contributed by atoms with E-state index in [4.69, 9.17) is 5.10 Å². The second kappa shape index (κ2) is 5.04. The van der Waals surface area contributed by atoms with Crippen molar-refractivity contribution in [2.24, 2.45) is 28.3 Å². The maximum Gasteiger partial charge on any atom is 0.243 e. The van der Waals surface area contributed by atoms with Gasteiger partial charge in [-0.1, -0.05) is 0 Å². The third kappa shape index (κ3) is 2.42. The molecule has 0 atom stereocenters. The number of anilines is 1. The van der Waals surface area contributed by atoms with E-state index >= 15 is 0 Å². The van der Waals surface area contributed by atoms with E-state index in [0.29, 0.717) is 11.4 Å². The van der Waals surface area contributed by atoms with Gasteiger partial charge in [0.15, 0.2) is 0 Å². The lowest BCUT2D eigenvalue weighted by molar-refractivity contribution is -0.0126. The maximum absolute atomic E-state index is 4.71. The third-order valence-corrected chi connectivity index (χ3v) is 6.11. The molecule has 1 aromatic heterocycles. The molecule has 0 spiro atoms. The fourth-order valence-electron chi connectivity index (χ4n) is 5.58. The lowest BCUT2D eigenvalue weighted by Crippen LogP contribution is -2.49. The smallest absolute Gasteiger partial charge is 0.243 e. The van der Waals surface area contributed by atoms with Gasteiger partial charge >= 0.3 is 0 Å². The van der Waals surface area contributed by atoms with Crippen LogP contribution in [0.2, 0.25) is 0 Å². The highest BCUT2D eigenvalue weighted by molar-refractivity contribution is 5.89. The van der Waals surface area contributed by atoms with E-state index in [0.717, 1.165) is 29.1 Å². The summed E-state index contributed by atoms with van der Waals surface area (Å²) in [6.07, 6.45) is 8.47. The summed E-state index contributed by atoms with van der Waals surface area (Å²) in [7, 11) is 0. The molecule has 1 heterocycles. The Hall–Kier alpha value is -1.45.